The highest BCUT2D eigenvalue weighted by atomic mass is 79.9. The SMILES string of the molecule is O=C1CCC(N2Cc3ccc(CN4CCN(c5ncnc6sc(Br)cc56)CC4)cc3C2S)C(=O)N1. The Hall–Kier alpha value is -2.05. The summed E-state index contributed by atoms with van der Waals surface area (Å²) in [6, 6.07) is 8.40. The molecule has 0 saturated carbocycles. The van der Waals surface area contributed by atoms with Gasteiger partial charge in [-0.3, -0.25) is 24.7 Å². The van der Waals surface area contributed by atoms with Crippen LogP contribution in [0.1, 0.15) is 34.9 Å². The van der Waals surface area contributed by atoms with Crippen LogP contribution in [-0.2, 0) is 22.7 Å². The number of nitrogens with one attached hydrogen (secondary N) is 1. The topological polar surface area (TPSA) is 81.7 Å². The van der Waals surface area contributed by atoms with E-state index in [1.54, 1.807) is 17.7 Å². The molecule has 3 aromatic rings. The molecule has 2 unspecified atom stereocenters. The minimum atomic E-state index is -0.309. The first-order valence-electron chi connectivity index (χ1n) is 11.7. The standard InChI is InChI=1S/C24H25BrN6O2S2/c25-19-10-17-21(26-13-27-23(17)35-19)30-7-5-29(6-8-30)11-14-1-2-15-12-31(24(34)16(15)9-14)18-3-4-20(32)28-22(18)33/h1-2,9-10,13,18,24,34H,3-8,11-12H2,(H,28,32,33). The fourth-order valence-electron chi connectivity index (χ4n) is 5.31. The number of anilines is 1. The number of amides is 2. The molecule has 11 heteroatoms. The summed E-state index contributed by atoms with van der Waals surface area (Å²) in [6.45, 7) is 5.32. The van der Waals surface area contributed by atoms with Gasteiger partial charge < -0.3 is 4.90 Å². The first-order valence-corrected chi connectivity index (χ1v) is 13.9. The van der Waals surface area contributed by atoms with Crippen LogP contribution in [0.5, 0.6) is 0 Å². The quantitative estimate of drug-likeness (QED) is 0.366. The summed E-state index contributed by atoms with van der Waals surface area (Å²) in [5, 5.41) is 3.44. The molecule has 182 valence electrons. The molecule has 3 aliphatic rings. The van der Waals surface area contributed by atoms with Gasteiger partial charge in [0.2, 0.25) is 11.8 Å². The van der Waals surface area contributed by atoms with Crippen LogP contribution >= 0.6 is 39.9 Å². The van der Waals surface area contributed by atoms with Crippen molar-refractivity contribution in [2.45, 2.75) is 37.3 Å². The van der Waals surface area contributed by atoms with E-state index >= 15 is 0 Å². The fraction of sp³-hybridized carbons (Fsp3) is 0.417. The predicted octanol–water partition coefficient (Wildman–Crippen LogP) is 3.33. The van der Waals surface area contributed by atoms with E-state index in [2.05, 4.69) is 70.2 Å². The van der Waals surface area contributed by atoms with Crippen molar-refractivity contribution in [1.29, 1.82) is 0 Å². The minimum Gasteiger partial charge on any atom is -0.353 e. The van der Waals surface area contributed by atoms with Gasteiger partial charge in [0.15, 0.2) is 0 Å². The Labute approximate surface area is 221 Å². The monoisotopic (exact) mass is 572 g/mol. The number of rotatable bonds is 4. The van der Waals surface area contributed by atoms with E-state index in [0.717, 1.165) is 52.5 Å². The number of piperidine rings is 1. The summed E-state index contributed by atoms with van der Waals surface area (Å²) >= 11 is 10.1. The Morgan fingerprint density at radius 1 is 1.14 bits per heavy atom. The summed E-state index contributed by atoms with van der Waals surface area (Å²) in [5.74, 6) is 0.621. The number of aromatic nitrogens is 2. The largest absolute Gasteiger partial charge is 0.353 e. The van der Waals surface area contributed by atoms with Crippen molar-refractivity contribution < 1.29 is 9.59 Å². The second-order valence-corrected chi connectivity index (χ2v) is 12.2. The summed E-state index contributed by atoms with van der Waals surface area (Å²) in [5.41, 5.74) is 3.63. The number of piperazine rings is 1. The average molecular weight is 574 g/mol. The lowest BCUT2D eigenvalue weighted by Crippen LogP contribution is -2.51. The number of thiophene rings is 1. The molecule has 5 heterocycles. The molecule has 2 fully saturated rings. The maximum atomic E-state index is 12.4. The Bertz CT molecular complexity index is 1310. The molecular weight excluding hydrogens is 548 g/mol. The van der Waals surface area contributed by atoms with Gasteiger partial charge in [-0.2, -0.15) is 12.6 Å². The molecule has 2 saturated heterocycles. The van der Waals surface area contributed by atoms with Crippen LogP contribution in [0.3, 0.4) is 0 Å². The van der Waals surface area contributed by atoms with Gasteiger partial charge in [-0.05, 0) is 45.1 Å². The van der Waals surface area contributed by atoms with Crippen LogP contribution in [0.4, 0.5) is 5.82 Å². The Balaban J connectivity index is 1.11. The zero-order chi connectivity index (χ0) is 24.1. The third-order valence-electron chi connectivity index (χ3n) is 7.12. The molecular formula is C24H25BrN6O2S2. The maximum absolute atomic E-state index is 12.4. The van der Waals surface area contributed by atoms with Crippen molar-refractivity contribution in [3.05, 3.63) is 51.1 Å². The van der Waals surface area contributed by atoms with Gasteiger partial charge in [0.25, 0.3) is 0 Å². The van der Waals surface area contributed by atoms with Crippen LogP contribution < -0.4 is 10.2 Å². The van der Waals surface area contributed by atoms with E-state index in [0.29, 0.717) is 19.4 Å². The smallest absolute Gasteiger partial charge is 0.243 e. The van der Waals surface area contributed by atoms with Crippen LogP contribution in [0.2, 0.25) is 0 Å². The lowest BCUT2D eigenvalue weighted by atomic mass is 10.0. The van der Waals surface area contributed by atoms with Crippen molar-refractivity contribution >= 4 is 67.7 Å². The average Bonchev–Trinajstić information content (AvgIpc) is 3.38. The van der Waals surface area contributed by atoms with E-state index in [1.807, 2.05) is 0 Å². The molecule has 0 spiro atoms. The molecule has 2 aromatic heterocycles. The summed E-state index contributed by atoms with van der Waals surface area (Å²) in [6.07, 6.45) is 2.59. The second kappa shape index (κ2) is 9.44. The van der Waals surface area contributed by atoms with Gasteiger partial charge in [0.05, 0.1) is 20.6 Å². The number of imide groups is 1. The Morgan fingerprint density at radius 2 is 1.97 bits per heavy atom. The number of nitrogens with zero attached hydrogens (tertiary/aromatic N) is 5. The lowest BCUT2D eigenvalue weighted by molar-refractivity contribution is -0.137. The van der Waals surface area contributed by atoms with E-state index in [9.17, 15) is 9.59 Å². The van der Waals surface area contributed by atoms with Gasteiger partial charge in [-0.1, -0.05) is 18.2 Å². The van der Waals surface area contributed by atoms with Crippen molar-refractivity contribution in [2.24, 2.45) is 0 Å². The fourth-order valence-corrected chi connectivity index (χ4v) is 7.20. The normalized spacial score (nSPS) is 23.7. The van der Waals surface area contributed by atoms with E-state index < -0.39 is 0 Å². The van der Waals surface area contributed by atoms with E-state index in [4.69, 9.17) is 12.6 Å². The molecule has 3 aliphatic heterocycles. The Kier molecular flexibility index (Phi) is 6.30. The highest BCUT2D eigenvalue weighted by Gasteiger charge is 2.39. The molecule has 2 atom stereocenters. The Morgan fingerprint density at radius 3 is 2.77 bits per heavy atom. The van der Waals surface area contributed by atoms with Gasteiger partial charge in [0, 0.05) is 45.7 Å². The second-order valence-electron chi connectivity index (χ2n) is 9.28. The van der Waals surface area contributed by atoms with Crippen molar-refractivity contribution in [2.75, 3.05) is 31.1 Å². The zero-order valence-corrected chi connectivity index (χ0v) is 22.3. The molecule has 6 rings (SSSR count). The van der Waals surface area contributed by atoms with E-state index in [1.165, 1.54) is 16.7 Å². The molecule has 0 bridgehead atoms. The number of carbonyl (C=O) groups is 2. The third-order valence-corrected chi connectivity index (χ3v) is 9.24. The first kappa shape index (κ1) is 23.4. The summed E-state index contributed by atoms with van der Waals surface area (Å²) < 4.78 is 1.07. The summed E-state index contributed by atoms with van der Waals surface area (Å²) in [7, 11) is 0. The minimum absolute atomic E-state index is 0.143. The number of hydrogen-bond donors (Lipinski definition) is 2. The van der Waals surface area contributed by atoms with Gasteiger partial charge in [-0.15, -0.1) is 11.3 Å². The maximum Gasteiger partial charge on any atom is 0.243 e. The first-order chi connectivity index (χ1) is 17.0. The van der Waals surface area contributed by atoms with Crippen molar-refractivity contribution in [1.82, 2.24) is 25.1 Å². The highest BCUT2D eigenvalue weighted by Crippen LogP contribution is 2.40. The summed E-state index contributed by atoms with van der Waals surface area (Å²) in [4.78, 5) is 40.8. The van der Waals surface area contributed by atoms with Crippen molar-refractivity contribution in [3.8, 4) is 0 Å². The number of thiol groups is 1. The zero-order valence-electron chi connectivity index (χ0n) is 19.0. The third kappa shape index (κ3) is 4.48. The van der Waals surface area contributed by atoms with Gasteiger partial charge in [-0.25, -0.2) is 9.97 Å². The molecule has 2 amide bonds. The van der Waals surface area contributed by atoms with Gasteiger partial charge >= 0.3 is 0 Å². The molecule has 8 nitrogen and oxygen atoms in total. The molecule has 35 heavy (non-hydrogen) atoms. The number of halogens is 1. The molecule has 0 radical (unpaired) electrons. The highest BCUT2D eigenvalue weighted by molar-refractivity contribution is 9.11. The molecule has 1 N–H and O–H groups in total. The van der Waals surface area contributed by atoms with Gasteiger partial charge in [0.1, 0.15) is 17.0 Å². The number of carbonyl (C=O) groups excluding carboxylic acids is 2. The van der Waals surface area contributed by atoms with Crippen LogP contribution in [0, 0.1) is 0 Å². The predicted molar refractivity (Wildman–Crippen MR) is 142 cm³/mol. The van der Waals surface area contributed by atoms with Crippen LogP contribution in [-0.4, -0.2) is 63.8 Å². The number of fused-ring (bicyclic) bond motifs is 2. The number of hydrogen-bond acceptors (Lipinski definition) is 9. The molecule has 0 aliphatic carbocycles. The number of benzene rings is 1. The van der Waals surface area contributed by atoms with Crippen molar-refractivity contribution in [3.63, 3.8) is 0 Å². The van der Waals surface area contributed by atoms with Crippen LogP contribution in [0.15, 0.2) is 34.4 Å². The lowest BCUT2D eigenvalue weighted by Gasteiger charge is -2.35. The van der Waals surface area contributed by atoms with E-state index in [-0.39, 0.29) is 23.2 Å². The molecule has 1 aromatic carbocycles. The van der Waals surface area contributed by atoms with Crippen LogP contribution in [0.25, 0.3) is 10.2 Å².